The van der Waals surface area contributed by atoms with Crippen LogP contribution in [0.25, 0.3) is 0 Å². The normalized spacial score (nSPS) is 16.6. The molecule has 1 saturated carbocycles. The van der Waals surface area contributed by atoms with Gasteiger partial charge in [0.05, 0.1) is 6.26 Å². The molecule has 1 heterocycles. The van der Waals surface area contributed by atoms with E-state index >= 15 is 0 Å². The standard InChI is InChI=1S/C27H35FN4O4S/c1-37(35,36)31-23-10-7-20(8-11-23)26(33)30-24(17-19-5-3-2-4-6-19)27(34)29-14-16-32-15-13-21-18-22(28)9-12-25(21)32/h7-12,18-19,24,31H,2-6,13-17H2,1H3,(H,29,34)(H,30,33)/t24-/m0/s1. The van der Waals surface area contributed by atoms with Gasteiger partial charge >= 0.3 is 0 Å². The van der Waals surface area contributed by atoms with Gasteiger partial charge in [-0.15, -0.1) is 0 Å². The van der Waals surface area contributed by atoms with Crippen LogP contribution in [0, 0.1) is 11.7 Å². The molecule has 1 aliphatic heterocycles. The number of hydrogen-bond donors (Lipinski definition) is 3. The largest absolute Gasteiger partial charge is 0.369 e. The number of hydrogen-bond acceptors (Lipinski definition) is 5. The predicted molar refractivity (Wildman–Crippen MR) is 143 cm³/mol. The van der Waals surface area contributed by atoms with Crippen molar-refractivity contribution in [1.29, 1.82) is 0 Å². The molecule has 0 aromatic heterocycles. The Kier molecular flexibility index (Phi) is 8.68. The fraction of sp³-hybridized carbons (Fsp3) is 0.481. The van der Waals surface area contributed by atoms with Gasteiger partial charge in [-0.3, -0.25) is 14.3 Å². The lowest BCUT2D eigenvalue weighted by atomic mass is 9.84. The zero-order valence-corrected chi connectivity index (χ0v) is 22.0. The van der Waals surface area contributed by atoms with Crippen molar-refractivity contribution in [2.45, 2.75) is 51.0 Å². The highest BCUT2D eigenvalue weighted by molar-refractivity contribution is 7.92. The van der Waals surface area contributed by atoms with E-state index in [1.807, 2.05) is 0 Å². The van der Waals surface area contributed by atoms with Crippen LogP contribution in [-0.2, 0) is 21.2 Å². The molecular formula is C27H35FN4O4S. The number of halogens is 1. The summed E-state index contributed by atoms with van der Waals surface area (Å²) in [6, 6.07) is 10.2. The molecular weight excluding hydrogens is 495 g/mol. The van der Waals surface area contributed by atoms with E-state index < -0.39 is 16.1 Å². The van der Waals surface area contributed by atoms with Crippen LogP contribution in [0.4, 0.5) is 15.8 Å². The average molecular weight is 531 g/mol. The second-order valence-electron chi connectivity index (χ2n) is 10.0. The third kappa shape index (κ3) is 7.67. The molecule has 1 atom stereocenters. The van der Waals surface area contributed by atoms with Crippen LogP contribution in [-0.4, -0.2) is 52.2 Å². The Hall–Kier alpha value is -3.14. The summed E-state index contributed by atoms with van der Waals surface area (Å²) in [6.45, 7) is 1.79. The molecule has 0 bridgehead atoms. The van der Waals surface area contributed by atoms with Crippen molar-refractivity contribution in [2.24, 2.45) is 5.92 Å². The van der Waals surface area contributed by atoms with E-state index in [9.17, 15) is 22.4 Å². The molecule has 1 fully saturated rings. The molecule has 10 heteroatoms. The first-order chi connectivity index (χ1) is 17.7. The quantitative estimate of drug-likeness (QED) is 0.436. The Balaban J connectivity index is 1.36. The van der Waals surface area contributed by atoms with Crippen molar-refractivity contribution in [3.8, 4) is 0 Å². The molecule has 8 nitrogen and oxygen atoms in total. The lowest BCUT2D eigenvalue weighted by Gasteiger charge is -2.27. The van der Waals surface area contributed by atoms with Crippen LogP contribution in [0.2, 0.25) is 0 Å². The van der Waals surface area contributed by atoms with Gasteiger partial charge in [-0.1, -0.05) is 32.1 Å². The molecule has 2 aromatic carbocycles. The minimum Gasteiger partial charge on any atom is -0.369 e. The fourth-order valence-corrected chi connectivity index (χ4v) is 5.81. The zero-order valence-electron chi connectivity index (χ0n) is 21.1. The molecule has 2 aliphatic rings. The first-order valence-electron chi connectivity index (χ1n) is 12.9. The van der Waals surface area contributed by atoms with Gasteiger partial charge in [-0.25, -0.2) is 12.8 Å². The number of fused-ring (bicyclic) bond motifs is 1. The number of anilines is 2. The van der Waals surface area contributed by atoms with Crippen LogP contribution >= 0.6 is 0 Å². The van der Waals surface area contributed by atoms with Gasteiger partial charge in [0.2, 0.25) is 15.9 Å². The van der Waals surface area contributed by atoms with Gasteiger partial charge in [0.25, 0.3) is 5.91 Å². The molecule has 0 spiro atoms. The monoisotopic (exact) mass is 530 g/mol. The number of nitrogens with one attached hydrogen (secondary N) is 3. The van der Waals surface area contributed by atoms with Crippen molar-refractivity contribution in [2.75, 3.05) is 35.5 Å². The van der Waals surface area contributed by atoms with E-state index in [0.717, 1.165) is 56.2 Å². The molecule has 0 radical (unpaired) electrons. The maximum Gasteiger partial charge on any atom is 0.251 e. The van der Waals surface area contributed by atoms with Crippen LogP contribution in [0.1, 0.15) is 54.4 Å². The van der Waals surface area contributed by atoms with E-state index in [1.165, 1.54) is 36.8 Å². The third-order valence-electron chi connectivity index (χ3n) is 7.08. The summed E-state index contributed by atoms with van der Waals surface area (Å²) < 4.78 is 38.7. The number of rotatable bonds is 10. The summed E-state index contributed by atoms with van der Waals surface area (Å²) in [5.74, 6) is -0.451. The highest BCUT2D eigenvalue weighted by Gasteiger charge is 2.27. The van der Waals surface area contributed by atoms with E-state index in [-0.39, 0.29) is 17.6 Å². The maximum absolute atomic E-state index is 13.5. The number of sulfonamides is 1. The molecule has 0 unspecified atom stereocenters. The van der Waals surface area contributed by atoms with Gasteiger partial charge in [-0.05, 0) is 66.8 Å². The highest BCUT2D eigenvalue weighted by atomic mass is 32.2. The molecule has 2 aromatic rings. The molecule has 1 aliphatic carbocycles. The zero-order chi connectivity index (χ0) is 26.4. The van der Waals surface area contributed by atoms with Crippen LogP contribution < -0.4 is 20.3 Å². The van der Waals surface area contributed by atoms with Crippen molar-refractivity contribution < 1.29 is 22.4 Å². The second-order valence-corrected chi connectivity index (χ2v) is 11.8. The topological polar surface area (TPSA) is 108 Å². The van der Waals surface area contributed by atoms with Crippen molar-refractivity contribution in [3.05, 3.63) is 59.4 Å². The van der Waals surface area contributed by atoms with E-state index in [0.29, 0.717) is 36.7 Å². The lowest BCUT2D eigenvalue weighted by Crippen LogP contribution is -2.49. The van der Waals surface area contributed by atoms with Crippen LogP contribution in [0.3, 0.4) is 0 Å². The lowest BCUT2D eigenvalue weighted by molar-refractivity contribution is -0.123. The minimum absolute atomic E-state index is 0.215. The van der Waals surface area contributed by atoms with Gasteiger partial charge in [0.15, 0.2) is 0 Å². The fourth-order valence-electron chi connectivity index (χ4n) is 5.24. The van der Waals surface area contributed by atoms with E-state index in [2.05, 4.69) is 20.3 Å². The van der Waals surface area contributed by atoms with E-state index in [1.54, 1.807) is 12.1 Å². The van der Waals surface area contributed by atoms with Gasteiger partial charge in [-0.2, -0.15) is 0 Å². The van der Waals surface area contributed by atoms with Gasteiger partial charge in [0.1, 0.15) is 11.9 Å². The highest BCUT2D eigenvalue weighted by Crippen LogP contribution is 2.29. The number of carbonyl (C=O) groups is 2. The molecule has 200 valence electrons. The Morgan fingerprint density at radius 1 is 1.08 bits per heavy atom. The molecule has 0 saturated heterocycles. The first kappa shape index (κ1) is 26.9. The summed E-state index contributed by atoms with van der Waals surface area (Å²) in [6.07, 6.45) is 7.99. The van der Waals surface area contributed by atoms with Crippen molar-refractivity contribution in [1.82, 2.24) is 10.6 Å². The number of carbonyl (C=O) groups excluding carboxylic acids is 2. The third-order valence-corrected chi connectivity index (χ3v) is 7.69. The summed E-state index contributed by atoms with van der Waals surface area (Å²) in [5, 5.41) is 5.89. The first-order valence-corrected chi connectivity index (χ1v) is 14.8. The number of nitrogens with zero attached hydrogens (tertiary/aromatic N) is 1. The number of benzene rings is 2. The Labute approximate surface area is 218 Å². The second kappa shape index (κ2) is 11.9. The Morgan fingerprint density at radius 3 is 2.51 bits per heavy atom. The van der Waals surface area contributed by atoms with Crippen molar-refractivity contribution in [3.63, 3.8) is 0 Å². The van der Waals surface area contributed by atoms with Crippen molar-refractivity contribution >= 4 is 33.2 Å². The van der Waals surface area contributed by atoms with Gasteiger partial charge < -0.3 is 15.5 Å². The van der Waals surface area contributed by atoms with Gasteiger partial charge in [0, 0.05) is 36.6 Å². The van der Waals surface area contributed by atoms with Crippen LogP contribution in [0.15, 0.2) is 42.5 Å². The number of amides is 2. The maximum atomic E-state index is 13.5. The average Bonchev–Trinajstić information content (AvgIpc) is 3.25. The smallest absolute Gasteiger partial charge is 0.251 e. The molecule has 4 rings (SSSR count). The van der Waals surface area contributed by atoms with Crippen LogP contribution in [0.5, 0.6) is 0 Å². The summed E-state index contributed by atoms with van der Waals surface area (Å²) in [7, 11) is -3.41. The molecule has 37 heavy (non-hydrogen) atoms. The Bertz CT molecular complexity index is 1210. The Morgan fingerprint density at radius 2 is 1.81 bits per heavy atom. The SMILES string of the molecule is CS(=O)(=O)Nc1ccc(C(=O)N[C@@H](CC2CCCCC2)C(=O)NCCN2CCc3cc(F)ccc32)cc1. The van der Waals surface area contributed by atoms with E-state index in [4.69, 9.17) is 0 Å². The summed E-state index contributed by atoms with van der Waals surface area (Å²) in [4.78, 5) is 28.3. The predicted octanol–water partition coefficient (Wildman–Crippen LogP) is 3.44. The summed E-state index contributed by atoms with van der Waals surface area (Å²) in [5.41, 5.74) is 2.69. The molecule has 3 N–H and O–H groups in total. The minimum atomic E-state index is -3.41. The summed E-state index contributed by atoms with van der Waals surface area (Å²) >= 11 is 0. The molecule has 2 amide bonds.